The smallest absolute Gasteiger partial charge is 0.312 e. The minimum absolute atomic E-state index is 0.0128. The molecule has 0 aliphatic carbocycles. The van der Waals surface area contributed by atoms with E-state index in [1.807, 2.05) is 25.3 Å². The quantitative estimate of drug-likeness (QED) is 0.589. The monoisotopic (exact) mass is 391 g/mol. The molecule has 0 radical (unpaired) electrons. The molecule has 1 aromatic heterocycles. The van der Waals surface area contributed by atoms with Crippen molar-refractivity contribution in [3.63, 3.8) is 0 Å². The van der Waals surface area contributed by atoms with E-state index in [4.69, 9.17) is 5.14 Å². The van der Waals surface area contributed by atoms with Crippen LogP contribution >= 0.6 is 0 Å². The summed E-state index contributed by atoms with van der Waals surface area (Å²) < 4.78 is 23.3. The molecule has 2 aromatic rings. The zero-order valence-electron chi connectivity index (χ0n) is 14.8. The number of aromatic nitrogens is 1. The fourth-order valence-electron chi connectivity index (χ4n) is 3.18. The van der Waals surface area contributed by atoms with Crippen LogP contribution in [0, 0.1) is 17.0 Å². The van der Waals surface area contributed by atoms with Crippen molar-refractivity contribution >= 4 is 27.2 Å². The van der Waals surface area contributed by atoms with E-state index in [2.05, 4.69) is 15.2 Å². The summed E-state index contributed by atoms with van der Waals surface area (Å²) in [6.45, 7) is 3.47. The zero-order chi connectivity index (χ0) is 19.6. The van der Waals surface area contributed by atoms with Crippen LogP contribution in [0.3, 0.4) is 0 Å². The zero-order valence-corrected chi connectivity index (χ0v) is 15.6. The standard InChI is InChI=1S/C17H21N5O4S/c1-12-5-6-16(19-11-12)21-9-7-13(8-10-21)20-14-3-2-4-15(27(18,25)26)17(14)22(23)24/h2-6,11,13,20H,7-10H2,1H3,(H2,18,25,26). The third kappa shape index (κ3) is 4.34. The van der Waals surface area contributed by atoms with E-state index >= 15 is 0 Å². The average molecular weight is 391 g/mol. The van der Waals surface area contributed by atoms with Gasteiger partial charge in [-0.05, 0) is 43.5 Å². The Labute approximate surface area is 157 Å². The minimum Gasteiger partial charge on any atom is -0.377 e. The largest absolute Gasteiger partial charge is 0.377 e. The number of piperidine rings is 1. The second-order valence-corrected chi connectivity index (χ2v) is 8.08. The van der Waals surface area contributed by atoms with Gasteiger partial charge in [0.25, 0.3) is 0 Å². The highest BCUT2D eigenvalue weighted by Gasteiger charge is 2.28. The van der Waals surface area contributed by atoms with Crippen molar-refractivity contribution in [3.05, 3.63) is 52.2 Å². The van der Waals surface area contributed by atoms with Crippen molar-refractivity contribution < 1.29 is 13.3 Å². The Balaban J connectivity index is 1.74. The number of para-hydroxylation sites is 1. The third-order valence-corrected chi connectivity index (χ3v) is 5.50. The lowest BCUT2D eigenvalue weighted by molar-refractivity contribution is -0.386. The van der Waals surface area contributed by atoms with Crippen molar-refractivity contribution in [2.45, 2.75) is 30.7 Å². The van der Waals surface area contributed by atoms with Crippen molar-refractivity contribution in [2.24, 2.45) is 5.14 Å². The molecule has 0 atom stereocenters. The van der Waals surface area contributed by atoms with E-state index in [0.29, 0.717) is 0 Å². The molecule has 1 aliphatic rings. The van der Waals surface area contributed by atoms with Gasteiger partial charge in [0, 0.05) is 25.3 Å². The van der Waals surface area contributed by atoms with Crippen LogP contribution in [-0.2, 0) is 10.0 Å². The molecule has 9 nitrogen and oxygen atoms in total. The van der Waals surface area contributed by atoms with Crippen LogP contribution in [-0.4, -0.2) is 37.5 Å². The highest BCUT2D eigenvalue weighted by atomic mass is 32.2. The molecule has 2 heterocycles. The molecular formula is C17H21N5O4S. The Morgan fingerprint density at radius 3 is 2.52 bits per heavy atom. The average Bonchev–Trinajstić information content (AvgIpc) is 2.62. The molecule has 1 saturated heterocycles. The Hall–Kier alpha value is -2.72. The molecule has 3 N–H and O–H groups in total. The number of sulfonamides is 1. The Morgan fingerprint density at radius 2 is 1.96 bits per heavy atom. The molecule has 27 heavy (non-hydrogen) atoms. The first-order valence-electron chi connectivity index (χ1n) is 8.50. The van der Waals surface area contributed by atoms with Crippen LogP contribution in [0.4, 0.5) is 17.2 Å². The number of aryl methyl sites for hydroxylation is 1. The van der Waals surface area contributed by atoms with Gasteiger partial charge in [-0.3, -0.25) is 10.1 Å². The topological polar surface area (TPSA) is 131 Å². The minimum atomic E-state index is -4.19. The number of anilines is 2. The highest BCUT2D eigenvalue weighted by molar-refractivity contribution is 7.89. The van der Waals surface area contributed by atoms with Crippen LogP contribution in [0.5, 0.6) is 0 Å². The highest BCUT2D eigenvalue weighted by Crippen LogP contribution is 2.33. The fraction of sp³-hybridized carbons (Fsp3) is 0.353. The Bertz CT molecular complexity index is 938. The summed E-state index contributed by atoms with van der Waals surface area (Å²) >= 11 is 0. The maximum absolute atomic E-state index is 11.7. The summed E-state index contributed by atoms with van der Waals surface area (Å²) in [7, 11) is -4.19. The van der Waals surface area contributed by atoms with Gasteiger partial charge in [0.2, 0.25) is 10.0 Å². The molecule has 0 saturated carbocycles. The van der Waals surface area contributed by atoms with Gasteiger partial charge in [0.05, 0.1) is 4.92 Å². The number of rotatable bonds is 5. The Kier molecular flexibility index (Phi) is 5.29. The molecule has 0 amide bonds. The van der Waals surface area contributed by atoms with Gasteiger partial charge in [-0.15, -0.1) is 0 Å². The molecule has 10 heteroatoms. The van der Waals surface area contributed by atoms with Crippen LogP contribution < -0.4 is 15.4 Å². The predicted molar refractivity (Wildman–Crippen MR) is 102 cm³/mol. The maximum Gasteiger partial charge on any atom is 0.312 e. The first-order valence-corrected chi connectivity index (χ1v) is 10.0. The normalized spacial score (nSPS) is 15.6. The van der Waals surface area contributed by atoms with Gasteiger partial charge in [-0.1, -0.05) is 12.1 Å². The number of nitrogens with one attached hydrogen (secondary N) is 1. The second-order valence-electron chi connectivity index (χ2n) is 6.55. The summed E-state index contributed by atoms with van der Waals surface area (Å²) in [6, 6.07) is 8.06. The van der Waals surface area contributed by atoms with E-state index in [1.54, 1.807) is 0 Å². The SMILES string of the molecule is Cc1ccc(N2CCC(Nc3cccc(S(N)(=O)=O)c3[N+](=O)[O-])CC2)nc1. The number of nitrogens with two attached hydrogens (primary N) is 1. The third-order valence-electron chi connectivity index (χ3n) is 4.56. The molecule has 0 spiro atoms. The van der Waals surface area contributed by atoms with Crippen LogP contribution in [0.15, 0.2) is 41.4 Å². The number of nitrogens with zero attached hydrogens (tertiary/aromatic N) is 3. The lowest BCUT2D eigenvalue weighted by atomic mass is 10.0. The van der Waals surface area contributed by atoms with Gasteiger partial charge in [-0.25, -0.2) is 18.5 Å². The summed E-state index contributed by atoms with van der Waals surface area (Å²) in [6.07, 6.45) is 3.31. The summed E-state index contributed by atoms with van der Waals surface area (Å²) in [5.74, 6) is 0.904. The lowest BCUT2D eigenvalue weighted by Gasteiger charge is -2.33. The van der Waals surface area contributed by atoms with Crippen LogP contribution in [0.2, 0.25) is 0 Å². The van der Waals surface area contributed by atoms with Gasteiger partial charge in [-0.2, -0.15) is 0 Å². The maximum atomic E-state index is 11.7. The van der Waals surface area contributed by atoms with Crippen LogP contribution in [0.25, 0.3) is 0 Å². The molecule has 1 aromatic carbocycles. The molecular weight excluding hydrogens is 370 g/mol. The number of benzene rings is 1. The summed E-state index contributed by atoms with van der Waals surface area (Å²) in [4.78, 5) is 16.8. The number of nitro benzene ring substituents is 1. The summed E-state index contributed by atoms with van der Waals surface area (Å²) in [5.41, 5.74) is 0.749. The molecule has 1 fully saturated rings. The number of nitro groups is 1. The number of hydrogen-bond donors (Lipinski definition) is 2. The lowest BCUT2D eigenvalue weighted by Crippen LogP contribution is -2.39. The van der Waals surface area contributed by atoms with Gasteiger partial charge >= 0.3 is 5.69 Å². The first kappa shape index (κ1) is 19.1. The van der Waals surface area contributed by atoms with E-state index in [1.165, 1.54) is 12.1 Å². The van der Waals surface area contributed by atoms with E-state index in [-0.39, 0.29) is 11.7 Å². The Morgan fingerprint density at radius 1 is 1.26 bits per heavy atom. The fourth-order valence-corrected chi connectivity index (χ4v) is 3.90. The molecule has 1 aliphatic heterocycles. The second kappa shape index (κ2) is 7.49. The van der Waals surface area contributed by atoms with Crippen molar-refractivity contribution in [1.82, 2.24) is 4.98 Å². The molecule has 144 valence electrons. The summed E-state index contributed by atoms with van der Waals surface area (Å²) in [5, 5.41) is 19.7. The number of primary sulfonamides is 1. The number of pyridine rings is 1. The molecule has 3 rings (SSSR count). The predicted octanol–water partition coefficient (Wildman–Crippen LogP) is 2.03. The first-order chi connectivity index (χ1) is 12.8. The van der Waals surface area contributed by atoms with Crippen LogP contribution in [0.1, 0.15) is 18.4 Å². The van der Waals surface area contributed by atoms with Crippen molar-refractivity contribution in [2.75, 3.05) is 23.3 Å². The van der Waals surface area contributed by atoms with Crippen molar-refractivity contribution in [3.8, 4) is 0 Å². The van der Waals surface area contributed by atoms with E-state index in [9.17, 15) is 18.5 Å². The number of hydrogen-bond acceptors (Lipinski definition) is 7. The van der Waals surface area contributed by atoms with Crippen molar-refractivity contribution in [1.29, 1.82) is 0 Å². The van der Waals surface area contributed by atoms with E-state index < -0.39 is 25.5 Å². The van der Waals surface area contributed by atoms with E-state index in [0.717, 1.165) is 43.4 Å². The molecule has 0 unspecified atom stereocenters. The van der Waals surface area contributed by atoms with Gasteiger partial charge in [0.15, 0.2) is 4.90 Å². The van der Waals surface area contributed by atoms with Gasteiger partial charge < -0.3 is 10.2 Å². The molecule has 0 bridgehead atoms. The van der Waals surface area contributed by atoms with Gasteiger partial charge in [0.1, 0.15) is 11.5 Å².